The summed E-state index contributed by atoms with van der Waals surface area (Å²) < 4.78 is 9.96. The predicted octanol–water partition coefficient (Wildman–Crippen LogP) is 2.35. The van der Waals surface area contributed by atoms with Crippen molar-refractivity contribution < 1.29 is 19.1 Å². The van der Waals surface area contributed by atoms with Gasteiger partial charge in [0.25, 0.3) is 0 Å². The van der Waals surface area contributed by atoms with Gasteiger partial charge in [0.15, 0.2) is 0 Å². The summed E-state index contributed by atoms with van der Waals surface area (Å²) in [6.07, 6.45) is 4.65. The van der Waals surface area contributed by atoms with Crippen molar-refractivity contribution in [2.45, 2.75) is 46.0 Å². The van der Waals surface area contributed by atoms with Crippen LogP contribution in [-0.4, -0.2) is 31.6 Å². The highest BCUT2D eigenvalue weighted by Gasteiger charge is 2.30. The van der Waals surface area contributed by atoms with Crippen LogP contribution in [0.15, 0.2) is 0 Å². The van der Waals surface area contributed by atoms with Crippen LogP contribution in [0.25, 0.3) is 0 Å². The molecule has 0 aromatic rings. The Bertz CT molecular complexity index is 275. The fourth-order valence-corrected chi connectivity index (χ4v) is 2.45. The molecule has 0 unspecified atom stereocenters. The molecule has 4 nitrogen and oxygen atoms in total. The van der Waals surface area contributed by atoms with Crippen molar-refractivity contribution in [1.82, 2.24) is 0 Å². The first-order valence-corrected chi connectivity index (χ1v) is 6.91. The molecular weight excluding hydrogens is 232 g/mol. The summed E-state index contributed by atoms with van der Waals surface area (Å²) in [5.74, 6) is 0.917. The van der Waals surface area contributed by atoms with Crippen LogP contribution < -0.4 is 0 Å². The zero-order valence-electron chi connectivity index (χ0n) is 11.4. The first kappa shape index (κ1) is 15.2. The number of ketones is 1. The van der Waals surface area contributed by atoms with E-state index in [4.69, 9.17) is 9.47 Å². The largest absolute Gasteiger partial charge is 0.464 e. The third-order valence-corrected chi connectivity index (χ3v) is 3.53. The lowest BCUT2D eigenvalue weighted by Crippen LogP contribution is -2.14. The lowest BCUT2D eigenvalue weighted by atomic mass is 9.92. The second kappa shape index (κ2) is 8.25. The van der Waals surface area contributed by atoms with Gasteiger partial charge in [-0.25, -0.2) is 4.79 Å². The molecule has 0 aliphatic heterocycles. The van der Waals surface area contributed by atoms with E-state index in [1.807, 2.05) is 0 Å². The summed E-state index contributed by atoms with van der Waals surface area (Å²) >= 11 is 0. The second-order valence-corrected chi connectivity index (χ2v) is 4.94. The molecule has 104 valence electrons. The summed E-state index contributed by atoms with van der Waals surface area (Å²) in [7, 11) is 0. The third kappa shape index (κ3) is 5.17. The van der Waals surface area contributed by atoms with E-state index in [2.05, 4.69) is 6.92 Å². The Hall–Kier alpha value is -0.900. The van der Waals surface area contributed by atoms with Gasteiger partial charge in [-0.15, -0.1) is 0 Å². The summed E-state index contributed by atoms with van der Waals surface area (Å²) in [6.45, 7) is 4.93. The van der Waals surface area contributed by atoms with Crippen LogP contribution in [-0.2, 0) is 19.1 Å². The van der Waals surface area contributed by atoms with Gasteiger partial charge in [-0.05, 0) is 32.1 Å². The van der Waals surface area contributed by atoms with E-state index >= 15 is 0 Å². The topological polar surface area (TPSA) is 52.6 Å². The van der Waals surface area contributed by atoms with Gasteiger partial charge in [0, 0.05) is 18.9 Å². The molecule has 0 radical (unpaired) electrons. The SMILES string of the molecule is CCOC(=O)COCCCC[C@@H]1C(=O)CC[C@@H]1C. The van der Waals surface area contributed by atoms with Gasteiger partial charge in [0.1, 0.15) is 12.4 Å². The molecule has 0 amide bonds. The number of Topliss-reactive ketones (excluding diaryl/α,β-unsaturated/α-hetero) is 1. The highest BCUT2D eigenvalue weighted by molar-refractivity contribution is 5.83. The van der Waals surface area contributed by atoms with E-state index in [-0.39, 0.29) is 18.5 Å². The zero-order chi connectivity index (χ0) is 13.4. The number of carbonyl (C=O) groups excluding carboxylic acids is 2. The molecule has 0 bridgehead atoms. The van der Waals surface area contributed by atoms with Crippen LogP contribution in [0.3, 0.4) is 0 Å². The van der Waals surface area contributed by atoms with Crippen LogP contribution in [0.4, 0.5) is 0 Å². The fraction of sp³-hybridized carbons (Fsp3) is 0.857. The quantitative estimate of drug-likeness (QED) is 0.494. The third-order valence-electron chi connectivity index (χ3n) is 3.53. The van der Waals surface area contributed by atoms with E-state index in [0.29, 0.717) is 24.9 Å². The van der Waals surface area contributed by atoms with Crippen molar-refractivity contribution in [2.75, 3.05) is 19.8 Å². The summed E-state index contributed by atoms with van der Waals surface area (Å²) in [5.41, 5.74) is 0. The van der Waals surface area contributed by atoms with Crippen LogP contribution in [0.2, 0.25) is 0 Å². The molecule has 0 heterocycles. The highest BCUT2D eigenvalue weighted by atomic mass is 16.6. The second-order valence-electron chi connectivity index (χ2n) is 4.94. The Morgan fingerprint density at radius 2 is 2.17 bits per heavy atom. The lowest BCUT2D eigenvalue weighted by Gasteiger charge is -2.13. The monoisotopic (exact) mass is 256 g/mol. The zero-order valence-corrected chi connectivity index (χ0v) is 11.4. The van der Waals surface area contributed by atoms with Crippen molar-refractivity contribution >= 4 is 11.8 Å². The molecule has 0 spiro atoms. The van der Waals surface area contributed by atoms with Gasteiger partial charge in [-0.3, -0.25) is 4.79 Å². The molecule has 18 heavy (non-hydrogen) atoms. The van der Waals surface area contributed by atoms with Crippen molar-refractivity contribution in [3.05, 3.63) is 0 Å². The highest BCUT2D eigenvalue weighted by Crippen LogP contribution is 2.31. The average Bonchev–Trinajstić information content (AvgIpc) is 2.65. The molecule has 1 saturated carbocycles. The molecule has 1 fully saturated rings. The van der Waals surface area contributed by atoms with Gasteiger partial charge in [0.05, 0.1) is 6.61 Å². The normalized spacial score (nSPS) is 23.3. The molecule has 1 aliphatic carbocycles. The Labute approximate surface area is 109 Å². The number of rotatable bonds is 8. The van der Waals surface area contributed by atoms with Crippen molar-refractivity contribution in [3.63, 3.8) is 0 Å². The van der Waals surface area contributed by atoms with Gasteiger partial charge in [-0.2, -0.15) is 0 Å². The molecule has 2 atom stereocenters. The van der Waals surface area contributed by atoms with E-state index < -0.39 is 0 Å². The van der Waals surface area contributed by atoms with E-state index in [1.54, 1.807) is 6.92 Å². The average molecular weight is 256 g/mol. The number of unbranched alkanes of at least 4 members (excludes halogenated alkanes) is 1. The maximum absolute atomic E-state index is 11.6. The van der Waals surface area contributed by atoms with Crippen LogP contribution in [0.5, 0.6) is 0 Å². The van der Waals surface area contributed by atoms with Crippen LogP contribution in [0, 0.1) is 11.8 Å². The summed E-state index contributed by atoms with van der Waals surface area (Å²) in [6, 6.07) is 0. The molecule has 1 rings (SSSR count). The van der Waals surface area contributed by atoms with Gasteiger partial charge >= 0.3 is 5.97 Å². The minimum Gasteiger partial charge on any atom is -0.464 e. The summed E-state index contributed by atoms with van der Waals surface area (Å²) in [4.78, 5) is 22.6. The number of hydrogen-bond donors (Lipinski definition) is 0. The number of esters is 1. The molecule has 4 heteroatoms. The number of carbonyl (C=O) groups is 2. The minimum atomic E-state index is -0.308. The predicted molar refractivity (Wildman–Crippen MR) is 68.2 cm³/mol. The molecular formula is C14H24O4. The Kier molecular flexibility index (Phi) is 6.94. The Balaban J connectivity index is 1.98. The summed E-state index contributed by atoms with van der Waals surface area (Å²) in [5, 5.41) is 0. The van der Waals surface area contributed by atoms with E-state index in [1.165, 1.54) is 0 Å². The lowest BCUT2D eigenvalue weighted by molar-refractivity contribution is -0.148. The molecule has 0 aromatic carbocycles. The standard InChI is InChI=1S/C14H24O4/c1-3-18-14(16)10-17-9-5-4-6-12-11(2)7-8-13(12)15/h11-12H,3-10H2,1-2H3/t11-,12-/m0/s1. The smallest absolute Gasteiger partial charge is 0.332 e. The van der Waals surface area contributed by atoms with E-state index in [0.717, 1.165) is 32.1 Å². The Morgan fingerprint density at radius 3 is 2.78 bits per heavy atom. The van der Waals surface area contributed by atoms with Crippen LogP contribution >= 0.6 is 0 Å². The van der Waals surface area contributed by atoms with Gasteiger partial charge in [-0.1, -0.05) is 13.3 Å². The van der Waals surface area contributed by atoms with Crippen molar-refractivity contribution in [1.29, 1.82) is 0 Å². The Morgan fingerprint density at radius 1 is 1.39 bits per heavy atom. The first-order valence-electron chi connectivity index (χ1n) is 6.91. The van der Waals surface area contributed by atoms with Crippen molar-refractivity contribution in [2.24, 2.45) is 11.8 Å². The number of hydrogen-bond acceptors (Lipinski definition) is 4. The van der Waals surface area contributed by atoms with Crippen molar-refractivity contribution in [3.8, 4) is 0 Å². The maximum Gasteiger partial charge on any atom is 0.332 e. The molecule has 0 aromatic heterocycles. The first-order chi connectivity index (χ1) is 8.65. The fourth-order valence-electron chi connectivity index (χ4n) is 2.45. The molecule has 0 N–H and O–H groups in total. The minimum absolute atomic E-state index is 0.0343. The van der Waals surface area contributed by atoms with E-state index in [9.17, 15) is 9.59 Å². The van der Waals surface area contributed by atoms with Crippen LogP contribution in [0.1, 0.15) is 46.0 Å². The maximum atomic E-state index is 11.6. The molecule has 0 saturated heterocycles. The molecule has 1 aliphatic rings. The number of ether oxygens (including phenoxy) is 2. The van der Waals surface area contributed by atoms with Gasteiger partial charge < -0.3 is 9.47 Å². The van der Waals surface area contributed by atoms with Gasteiger partial charge in [0.2, 0.25) is 0 Å².